The molecule has 0 radical (unpaired) electrons. The van der Waals surface area contributed by atoms with E-state index >= 15 is 0 Å². The van der Waals surface area contributed by atoms with Crippen molar-refractivity contribution < 1.29 is 18.3 Å². The summed E-state index contributed by atoms with van der Waals surface area (Å²) in [4.78, 5) is 16.0. The van der Waals surface area contributed by atoms with Crippen LogP contribution in [-0.2, 0) is 16.6 Å². The summed E-state index contributed by atoms with van der Waals surface area (Å²) in [6, 6.07) is 9.63. The third-order valence-corrected chi connectivity index (χ3v) is 5.96. The molecule has 132 valence electrons. The summed E-state index contributed by atoms with van der Waals surface area (Å²) in [5.74, 6) is -0.217. The van der Waals surface area contributed by atoms with Crippen LogP contribution in [0.4, 0.5) is 0 Å². The molecule has 0 bridgehead atoms. The van der Waals surface area contributed by atoms with E-state index < -0.39 is 16.1 Å². The SMILES string of the molecule is O=C(NCc1ccc(S(=O)(=O)N2CCC(O)C2)cc1)c1ccncc1. The van der Waals surface area contributed by atoms with Gasteiger partial charge in [0.25, 0.3) is 5.91 Å². The first kappa shape index (κ1) is 17.5. The minimum absolute atomic E-state index is 0.131. The van der Waals surface area contributed by atoms with E-state index in [4.69, 9.17) is 0 Å². The predicted octanol–water partition coefficient (Wildman–Crippen LogP) is 0.767. The molecule has 0 aliphatic carbocycles. The first-order valence-electron chi connectivity index (χ1n) is 7.92. The number of β-amino-alcohol motifs (C(OH)–C–C–N with tert-alkyl or cyclic N) is 1. The van der Waals surface area contributed by atoms with Crippen molar-refractivity contribution in [2.75, 3.05) is 13.1 Å². The van der Waals surface area contributed by atoms with Crippen LogP contribution in [0.2, 0.25) is 0 Å². The van der Waals surface area contributed by atoms with E-state index in [-0.39, 0.29) is 17.3 Å². The summed E-state index contributed by atoms with van der Waals surface area (Å²) in [7, 11) is -3.58. The second-order valence-electron chi connectivity index (χ2n) is 5.87. The van der Waals surface area contributed by atoms with Gasteiger partial charge >= 0.3 is 0 Å². The van der Waals surface area contributed by atoms with Crippen LogP contribution in [-0.4, -0.2) is 47.9 Å². The lowest BCUT2D eigenvalue weighted by Crippen LogP contribution is -2.29. The fourth-order valence-corrected chi connectivity index (χ4v) is 4.14. The van der Waals surface area contributed by atoms with Gasteiger partial charge in [0.05, 0.1) is 11.0 Å². The molecule has 1 unspecified atom stereocenters. The molecular weight excluding hydrogens is 342 g/mol. The minimum atomic E-state index is -3.58. The summed E-state index contributed by atoms with van der Waals surface area (Å²) >= 11 is 0. The number of aromatic nitrogens is 1. The Balaban J connectivity index is 1.63. The van der Waals surface area contributed by atoms with Gasteiger partial charge in [-0.3, -0.25) is 9.78 Å². The molecule has 1 amide bonds. The molecule has 0 spiro atoms. The van der Waals surface area contributed by atoms with Crippen LogP contribution in [0.15, 0.2) is 53.7 Å². The number of rotatable bonds is 5. The number of aliphatic hydroxyl groups is 1. The second kappa shape index (κ2) is 7.30. The highest BCUT2D eigenvalue weighted by Crippen LogP contribution is 2.21. The highest BCUT2D eigenvalue weighted by molar-refractivity contribution is 7.89. The maximum Gasteiger partial charge on any atom is 0.251 e. The summed E-state index contributed by atoms with van der Waals surface area (Å²) < 4.78 is 26.3. The van der Waals surface area contributed by atoms with Crippen molar-refractivity contribution in [3.8, 4) is 0 Å². The Kier molecular flexibility index (Phi) is 5.12. The van der Waals surface area contributed by atoms with E-state index in [0.29, 0.717) is 25.1 Å². The molecule has 7 nitrogen and oxygen atoms in total. The van der Waals surface area contributed by atoms with Gasteiger partial charge in [0.15, 0.2) is 0 Å². The van der Waals surface area contributed by atoms with Gasteiger partial charge in [-0.1, -0.05) is 12.1 Å². The maximum absolute atomic E-state index is 12.5. The van der Waals surface area contributed by atoms with Crippen molar-refractivity contribution in [2.45, 2.75) is 24.0 Å². The molecule has 2 N–H and O–H groups in total. The number of nitrogens with one attached hydrogen (secondary N) is 1. The van der Waals surface area contributed by atoms with Crippen molar-refractivity contribution >= 4 is 15.9 Å². The molecule has 2 aromatic rings. The van der Waals surface area contributed by atoms with Gasteiger partial charge in [-0.15, -0.1) is 0 Å². The maximum atomic E-state index is 12.5. The fraction of sp³-hybridized carbons (Fsp3) is 0.294. The Morgan fingerprint density at radius 2 is 1.88 bits per heavy atom. The van der Waals surface area contributed by atoms with Gasteiger partial charge in [-0.05, 0) is 36.2 Å². The number of hydrogen-bond acceptors (Lipinski definition) is 5. The zero-order chi connectivity index (χ0) is 17.9. The van der Waals surface area contributed by atoms with Crippen molar-refractivity contribution in [1.82, 2.24) is 14.6 Å². The topological polar surface area (TPSA) is 99.6 Å². The largest absolute Gasteiger partial charge is 0.392 e. The van der Waals surface area contributed by atoms with Crippen LogP contribution >= 0.6 is 0 Å². The number of carbonyl (C=O) groups is 1. The number of nitrogens with zero attached hydrogens (tertiary/aromatic N) is 2. The summed E-state index contributed by atoms with van der Waals surface area (Å²) in [5, 5.41) is 12.3. The Morgan fingerprint density at radius 3 is 2.48 bits per heavy atom. The Bertz CT molecular complexity index is 838. The van der Waals surface area contributed by atoms with E-state index in [1.54, 1.807) is 36.7 Å². The van der Waals surface area contributed by atoms with Gasteiger partial charge in [0.2, 0.25) is 10.0 Å². The highest BCUT2D eigenvalue weighted by atomic mass is 32.2. The van der Waals surface area contributed by atoms with E-state index in [1.807, 2.05) is 0 Å². The van der Waals surface area contributed by atoms with Crippen molar-refractivity contribution in [3.63, 3.8) is 0 Å². The number of sulfonamides is 1. The third-order valence-electron chi connectivity index (χ3n) is 4.08. The Morgan fingerprint density at radius 1 is 1.20 bits per heavy atom. The van der Waals surface area contributed by atoms with E-state index in [2.05, 4.69) is 10.3 Å². The quantitative estimate of drug-likeness (QED) is 0.819. The molecule has 1 aromatic heterocycles. The predicted molar refractivity (Wildman–Crippen MR) is 91.2 cm³/mol. The van der Waals surface area contributed by atoms with E-state index in [0.717, 1.165) is 5.56 Å². The van der Waals surface area contributed by atoms with Crippen LogP contribution < -0.4 is 5.32 Å². The first-order chi connectivity index (χ1) is 12.0. The average molecular weight is 361 g/mol. The minimum Gasteiger partial charge on any atom is -0.392 e. The Hall–Kier alpha value is -2.29. The number of benzene rings is 1. The summed E-state index contributed by atoms with van der Waals surface area (Å²) in [6.45, 7) is 0.753. The standard InChI is InChI=1S/C17H19N3O4S/c21-15-7-10-20(12-15)25(23,24)16-3-1-13(2-4-16)11-19-17(22)14-5-8-18-9-6-14/h1-6,8-9,15,21H,7,10-12H2,(H,19,22). The van der Waals surface area contributed by atoms with Gasteiger partial charge in [-0.2, -0.15) is 4.31 Å². The Labute approximate surface area is 146 Å². The first-order valence-corrected chi connectivity index (χ1v) is 9.36. The normalized spacial score (nSPS) is 18.2. The van der Waals surface area contributed by atoms with Crippen molar-refractivity contribution in [3.05, 3.63) is 59.9 Å². The van der Waals surface area contributed by atoms with Crippen LogP contribution in [0.3, 0.4) is 0 Å². The van der Waals surface area contributed by atoms with Crippen LogP contribution in [0.1, 0.15) is 22.3 Å². The van der Waals surface area contributed by atoms with Crippen LogP contribution in [0, 0.1) is 0 Å². The highest BCUT2D eigenvalue weighted by Gasteiger charge is 2.31. The summed E-state index contributed by atoms with van der Waals surface area (Å²) in [6.07, 6.45) is 2.95. The van der Waals surface area contributed by atoms with E-state index in [9.17, 15) is 18.3 Å². The molecule has 25 heavy (non-hydrogen) atoms. The molecule has 1 aliphatic rings. The lowest BCUT2D eigenvalue weighted by molar-refractivity contribution is 0.0950. The molecule has 1 aromatic carbocycles. The number of pyridine rings is 1. The molecule has 3 rings (SSSR count). The molecule has 1 aliphatic heterocycles. The van der Waals surface area contributed by atoms with Crippen molar-refractivity contribution in [2.24, 2.45) is 0 Å². The summed E-state index contributed by atoms with van der Waals surface area (Å²) in [5.41, 5.74) is 1.31. The smallest absolute Gasteiger partial charge is 0.251 e. The third kappa shape index (κ3) is 4.04. The lowest BCUT2D eigenvalue weighted by atomic mass is 10.2. The number of aliphatic hydroxyl groups excluding tert-OH is 1. The van der Waals surface area contributed by atoms with Crippen LogP contribution in [0.5, 0.6) is 0 Å². The second-order valence-corrected chi connectivity index (χ2v) is 7.81. The molecule has 0 saturated carbocycles. The van der Waals surface area contributed by atoms with Crippen molar-refractivity contribution in [1.29, 1.82) is 0 Å². The van der Waals surface area contributed by atoms with Crippen LogP contribution in [0.25, 0.3) is 0 Å². The lowest BCUT2D eigenvalue weighted by Gasteiger charge is -2.16. The molecule has 1 fully saturated rings. The average Bonchev–Trinajstić information content (AvgIpc) is 3.08. The molecular formula is C17H19N3O4S. The zero-order valence-corrected chi connectivity index (χ0v) is 14.3. The van der Waals surface area contributed by atoms with Gasteiger partial charge in [0, 0.05) is 37.6 Å². The van der Waals surface area contributed by atoms with E-state index in [1.165, 1.54) is 16.4 Å². The zero-order valence-electron chi connectivity index (χ0n) is 13.5. The fourth-order valence-electron chi connectivity index (χ4n) is 2.64. The van der Waals surface area contributed by atoms with Gasteiger partial charge in [-0.25, -0.2) is 8.42 Å². The number of carbonyl (C=O) groups excluding carboxylic acids is 1. The van der Waals surface area contributed by atoms with Gasteiger partial charge < -0.3 is 10.4 Å². The number of amides is 1. The molecule has 1 saturated heterocycles. The molecule has 2 heterocycles. The monoisotopic (exact) mass is 361 g/mol. The molecule has 1 atom stereocenters. The van der Waals surface area contributed by atoms with Gasteiger partial charge in [0.1, 0.15) is 0 Å². The molecule has 8 heteroatoms. The number of hydrogen-bond donors (Lipinski definition) is 2.